The number of amides is 1. The van der Waals surface area contributed by atoms with Crippen molar-refractivity contribution in [1.82, 2.24) is 10.2 Å². The lowest BCUT2D eigenvalue weighted by atomic mass is 10.1. The van der Waals surface area contributed by atoms with Crippen LogP contribution in [0.2, 0.25) is 0 Å². The normalized spacial score (nSPS) is 16.6. The van der Waals surface area contributed by atoms with Gasteiger partial charge in [-0.2, -0.15) is 0 Å². The van der Waals surface area contributed by atoms with E-state index in [9.17, 15) is 4.79 Å². The van der Waals surface area contributed by atoms with Crippen molar-refractivity contribution in [3.63, 3.8) is 0 Å². The molecule has 1 saturated heterocycles. The van der Waals surface area contributed by atoms with Crippen LogP contribution in [0, 0.1) is 5.92 Å². The van der Waals surface area contributed by atoms with Crippen molar-refractivity contribution in [2.45, 2.75) is 26.2 Å². The van der Waals surface area contributed by atoms with Crippen LogP contribution in [-0.4, -0.2) is 51.2 Å². The van der Waals surface area contributed by atoms with Crippen LogP contribution in [0.25, 0.3) is 6.08 Å². The van der Waals surface area contributed by atoms with E-state index >= 15 is 0 Å². The maximum atomic E-state index is 12.1. The van der Waals surface area contributed by atoms with Crippen LogP contribution in [-0.2, 0) is 4.79 Å². The fraction of sp³-hybridized carbons (Fsp3) is 0.550. The first kappa shape index (κ1) is 19.3. The van der Waals surface area contributed by atoms with Crippen LogP contribution in [0.3, 0.4) is 0 Å². The largest absolute Gasteiger partial charge is 0.497 e. The van der Waals surface area contributed by atoms with Crippen LogP contribution in [0.15, 0.2) is 24.3 Å². The van der Waals surface area contributed by atoms with Gasteiger partial charge in [-0.25, -0.2) is 0 Å². The van der Waals surface area contributed by atoms with Crippen LogP contribution in [0.5, 0.6) is 11.5 Å². The quantitative estimate of drug-likeness (QED) is 0.735. The Morgan fingerprint density at radius 1 is 1.24 bits per heavy atom. The summed E-state index contributed by atoms with van der Waals surface area (Å²) in [4.78, 5) is 14.6. The molecule has 1 amide bonds. The van der Waals surface area contributed by atoms with E-state index in [1.807, 2.05) is 18.2 Å². The van der Waals surface area contributed by atoms with Gasteiger partial charge < -0.3 is 19.7 Å². The summed E-state index contributed by atoms with van der Waals surface area (Å²) in [7, 11) is 3.23. The van der Waals surface area contributed by atoms with Gasteiger partial charge in [0.2, 0.25) is 5.91 Å². The van der Waals surface area contributed by atoms with E-state index in [1.165, 1.54) is 32.4 Å². The first-order chi connectivity index (χ1) is 12.1. The number of rotatable bonds is 8. The Labute approximate surface area is 151 Å². The molecule has 2 rings (SSSR count). The predicted octanol–water partition coefficient (Wildman–Crippen LogP) is 2.96. The molecular weight excluding hydrogens is 316 g/mol. The highest BCUT2D eigenvalue weighted by molar-refractivity contribution is 5.92. The molecule has 0 radical (unpaired) electrons. The number of carbonyl (C=O) groups is 1. The summed E-state index contributed by atoms with van der Waals surface area (Å²) >= 11 is 0. The van der Waals surface area contributed by atoms with Crippen molar-refractivity contribution >= 4 is 12.0 Å². The third-order valence-corrected chi connectivity index (χ3v) is 4.49. The van der Waals surface area contributed by atoms with Gasteiger partial charge in [0.25, 0.3) is 0 Å². The first-order valence-electron chi connectivity index (χ1n) is 9.02. The second-order valence-electron chi connectivity index (χ2n) is 6.65. The monoisotopic (exact) mass is 346 g/mol. The number of piperidine rings is 1. The summed E-state index contributed by atoms with van der Waals surface area (Å²) in [6.07, 6.45) is 7.24. The number of likely N-dealkylation sites (tertiary alicyclic amines) is 1. The Bertz CT molecular complexity index is 580. The number of nitrogens with zero attached hydrogens (tertiary/aromatic N) is 1. The summed E-state index contributed by atoms with van der Waals surface area (Å²) in [6.45, 7) is 6.30. The van der Waals surface area contributed by atoms with Crippen LogP contribution < -0.4 is 14.8 Å². The van der Waals surface area contributed by atoms with Gasteiger partial charge in [0.05, 0.1) is 14.2 Å². The van der Waals surface area contributed by atoms with Gasteiger partial charge in [-0.15, -0.1) is 0 Å². The molecule has 0 spiro atoms. The molecule has 1 aliphatic rings. The second-order valence-corrected chi connectivity index (χ2v) is 6.65. The van der Waals surface area contributed by atoms with Gasteiger partial charge in [-0.3, -0.25) is 4.79 Å². The Hall–Kier alpha value is -2.01. The summed E-state index contributed by atoms with van der Waals surface area (Å²) in [5.41, 5.74) is 0.818. The van der Waals surface area contributed by atoms with Crippen molar-refractivity contribution in [2.75, 3.05) is 40.4 Å². The van der Waals surface area contributed by atoms with E-state index in [0.717, 1.165) is 17.9 Å². The van der Waals surface area contributed by atoms with Gasteiger partial charge in [-0.05, 0) is 56.1 Å². The molecule has 1 heterocycles. The Balaban J connectivity index is 1.82. The van der Waals surface area contributed by atoms with Gasteiger partial charge in [0, 0.05) is 24.7 Å². The topological polar surface area (TPSA) is 50.8 Å². The zero-order valence-corrected chi connectivity index (χ0v) is 15.6. The zero-order valence-electron chi connectivity index (χ0n) is 15.6. The van der Waals surface area contributed by atoms with Crippen molar-refractivity contribution < 1.29 is 14.3 Å². The van der Waals surface area contributed by atoms with E-state index in [2.05, 4.69) is 17.1 Å². The van der Waals surface area contributed by atoms with Crippen molar-refractivity contribution in [3.05, 3.63) is 29.8 Å². The first-order valence-corrected chi connectivity index (χ1v) is 9.02. The highest BCUT2D eigenvalue weighted by atomic mass is 16.5. The van der Waals surface area contributed by atoms with Gasteiger partial charge >= 0.3 is 0 Å². The minimum atomic E-state index is -0.0876. The third-order valence-electron chi connectivity index (χ3n) is 4.49. The molecule has 1 N–H and O–H groups in total. The summed E-state index contributed by atoms with van der Waals surface area (Å²) < 4.78 is 10.5. The van der Waals surface area contributed by atoms with Crippen molar-refractivity contribution in [2.24, 2.45) is 5.92 Å². The maximum Gasteiger partial charge on any atom is 0.244 e. The van der Waals surface area contributed by atoms with Crippen LogP contribution >= 0.6 is 0 Å². The fourth-order valence-electron chi connectivity index (χ4n) is 3.12. The minimum absolute atomic E-state index is 0.0876. The number of methoxy groups -OCH3 is 2. The van der Waals surface area contributed by atoms with Gasteiger partial charge in [0.15, 0.2) is 0 Å². The molecule has 138 valence electrons. The molecule has 1 aliphatic heterocycles. The third kappa shape index (κ3) is 6.42. The lowest BCUT2D eigenvalue weighted by Crippen LogP contribution is -2.37. The molecule has 5 heteroatoms. The molecule has 1 unspecified atom stereocenters. The lowest BCUT2D eigenvalue weighted by molar-refractivity contribution is -0.116. The van der Waals surface area contributed by atoms with Crippen molar-refractivity contribution in [3.8, 4) is 11.5 Å². The van der Waals surface area contributed by atoms with E-state index in [4.69, 9.17) is 9.47 Å². The lowest BCUT2D eigenvalue weighted by Gasteiger charge is -2.29. The maximum absolute atomic E-state index is 12.1. The number of benzene rings is 1. The van der Waals surface area contributed by atoms with E-state index in [-0.39, 0.29) is 5.91 Å². The average molecular weight is 346 g/mol. The second kappa shape index (κ2) is 10.1. The molecule has 1 fully saturated rings. The Morgan fingerprint density at radius 2 is 2.00 bits per heavy atom. The molecule has 0 aliphatic carbocycles. The molecule has 0 saturated carbocycles. The highest BCUT2D eigenvalue weighted by Crippen LogP contribution is 2.25. The molecule has 1 aromatic carbocycles. The Morgan fingerprint density at radius 3 is 2.68 bits per heavy atom. The molecular formula is C20H30N2O3. The zero-order chi connectivity index (χ0) is 18.1. The molecule has 25 heavy (non-hydrogen) atoms. The average Bonchev–Trinajstić information content (AvgIpc) is 2.65. The standard InChI is InChI=1S/C20H30N2O3/c1-16(15-22-11-5-4-6-12-22)14-21-20(23)10-7-17-13-18(24-2)8-9-19(17)25-3/h7-10,13,16H,4-6,11-12,14-15H2,1-3H3,(H,21,23). The number of nitrogens with one attached hydrogen (secondary N) is 1. The molecule has 0 bridgehead atoms. The molecule has 0 aromatic heterocycles. The SMILES string of the molecule is COc1ccc(OC)c(C=CC(=O)NCC(C)CN2CCCCC2)c1. The highest BCUT2D eigenvalue weighted by Gasteiger charge is 2.13. The minimum Gasteiger partial charge on any atom is -0.497 e. The predicted molar refractivity (Wildman–Crippen MR) is 101 cm³/mol. The molecule has 1 aromatic rings. The van der Waals surface area contributed by atoms with Crippen LogP contribution in [0.4, 0.5) is 0 Å². The number of hydrogen-bond donors (Lipinski definition) is 1. The molecule has 5 nitrogen and oxygen atoms in total. The summed E-state index contributed by atoms with van der Waals surface area (Å²) in [5.74, 6) is 1.80. The smallest absolute Gasteiger partial charge is 0.244 e. The molecule has 1 atom stereocenters. The van der Waals surface area contributed by atoms with E-state index in [1.54, 1.807) is 26.4 Å². The van der Waals surface area contributed by atoms with Crippen molar-refractivity contribution in [1.29, 1.82) is 0 Å². The number of hydrogen-bond acceptors (Lipinski definition) is 4. The summed E-state index contributed by atoms with van der Waals surface area (Å²) in [6, 6.07) is 5.51. The van der Waals surface area contributed by atoms with Gasteiger partial charge in [-0.1, -0.05) is 13.3 Å². The number of carbonyl (C=O) groups excluding carboxylic acids is 1. The van der Waals surface area contributed by atoms with Gasteiger partial charge in [0.1, 0.15) is 11.5 Å². The fourth-order valence-corrected chi connectivity index (χ4v) is 3.12. The number of ether oxygens (including phenoxy) is 2. The Kier molecular flexibility index (Phi) is 7.79. The summed E-state index contributed by atoms with van der Waals surface area (Å²) in [5, 5.41) is 2.98. The van der Waals surface area contributed by atoms with E-state index in [0.29, 0.717) is 18.2 Å². The van der Waals surface area contributed by atoms with Crippen LogP contribution in [0.1, 0.15) is 31.7 Å². The van der Waals surface area contributed by atoms with E-state index < -0.39 is 0 Å².